The van der Waals surface area contributed by atoms with Crippen LogP contribution in [0.1, 0.15) is 33.4 Å². The zero-order valence-corrected chi connectivity index (χ0v) is 33.1. The molecule has 56 heavy (non-hydrogen) atoms. The van der Waals surface area contributed by atoms with E-state index in [0.717, 1.165) is 50.7 Å². The number of hydrogen-bond acceptors (Lipinski definition) is 3. The van der Waals surface area contributed by atoms with Crippen molar-refractivity contribution in [3.63, 3.8) is 0 Å². The molecule has 0 unspecified atom stereocenters. The van der Waals surface area contributed by atoms with E-state index in [1.807, 2.05) is 30.6 Å². The fourth-order valence-electron chi connectivity index (χ4n) is 8.53. The van der Waals surface area contributed by atoms with Crippen molar-refractivity contribution in [2.45, 2.75) is 41.5 Å². The van der Waals surface area contributed by atoms with E-state index < -0.39 is 0 Å². The van der Waals surface area contributed by atoms with Crippen LogP contribution in [0.5, 0.6) is 0 Å². The highest BCUT2D eigenvalue weighted by Crippen LogP contribution is 2.39. The van der Waals surface area contributed by atoms with Gasteiger partial charge in [0.1, 0.15) is 0 Å². The van der Waals surface area contributed by atoms with Crippen LogP contribution in [0.3, 0.4) is 0 Å². The number of aryl methyl sites for hydroxylation is 6. The Morgan fingerprint density at radius 2 is 0.839 bits per heavy atom. The van der Waals surface area contributed by atoms with Crippen molar-refractivity contribution in [2.24, 2.45) is 0 Å². The SMILES string of the molecule is Cc1cc(C)c(B(c2ccc(N(c3cc(-c4ccccc4)cc(-c4ccccc4)c3)c3cnc(-c4ccccc4)cn3)cc2)c2c(C)cc(C)cc2C)c(C)c1. The zero-order valence-electron chi connectivity index (χ0n) is 33.1. The summed E-state index contributed by atoms with van der Waals surface area (Å²) in [5.74, 6) is 0.744. The van der Waals surface area contributed by atoms with E-state index in [9.17, 15) is 0 Å². The molecule has 0 bridgehead atoms. The summed E-state index contributed by atoms with van der Waals surface area (Å²) < 4.78 is 0. The molecule has 0 aliphatic carbocycles. The Kier molecular flexibility index (Phi) is 10.2. The van der Waals surface area contributed by atoms with Crippen molar-refractivity contribution in [1.29, 1.82) is 0 Å². The van der Waals surface area contributed by atoms with Crippen LogP contribution in [0.4, 0.5) is 17.2 Å². The van der Waals surface area contributed by atoms with Gasteiger partial charge in [0.15, 0.2) is 5.82 Å². The van der Waals surface area contributed by atoms with Gasteiger partial charge in [-0.2, -0.15) is 0 Å². The molecule has 0 fully saturated rings. The molecule has 8 rings (SSSR count). The Morgan fingerprint density at radius 1 is 0.393 bits per heavy atom. The van der Waals surface area contributed by atoms with Gasteiger partial charge in [-0.3, -0.25) is 9.88 Å². The first-order chi connectivity index (χ1) is 27.2. The van der Waals surface area contributed by atoms with Gasteiger partial charge in [-0.1, -0.05) is 177 Å². The van der Waals surface area contributed by atoms with Crippen molar-refractivity contribution >= 4 is 40.3 Å². The first kappa shape index (κ1) is 36.5. The lowest BCUT2D eigenvalue weighted by Gasteiger charge is -2.27. The Labute approximate surface area is 332 Å². The molecule has 7 aromatic carbocycles. The molecule has 0 radical (unpaired) electrons. The molecule has 0 saturated carbocycles. The summed E-state index contributed by atoms with van der Waals surface area (Å²) in [5.41, 5.74) is 20.3. The standard InChI is InChI=1S/C52H46BN3/c1-35-26-37(3)51(38(4)27-35)53(52-39(5)28-36(2)29-40(52)6)46-22-24-47(25-23-46)56(50-34-54-49(33-55-50)43-20-14-9-15-21-43)48-31-44(41-16-10-7-11-17-41)30-45(32-48)42-18-12-8-13-19-42/h7-34H,1-6H3. The lowest BCUT2D eigenvalue weighted by Crippen LogP contribution is -2.55. The largest absolute Gasteiger partial charge is 0.294 e. The second kappa shape index (κ2) is 15.7. The molecule has 0 N–H and O–H groups in total. The van der Waals surface area contributed by atoms with Crippen LogP contribution < -0.4 is 21.3 Å². The second-order valence-electron chi connectivity index (χ2n) is 15.1. The van der Waals surface area contributed by atoms with Crippen molar-refractivity contribution in [3.05, 3.63) is 203 Å². The predicted molar refractivity (Wildman–Crippen MR) is 239 cm³/mol. The molecule has 0 aliphatic rings. The van der Waals surface area contributed by atoms with E-state index in [0.29, 0.717) is 0 Å². The summed E-state index contributed by atoms with van der Waals surface area (Å²) in [6, 6.07) is 56.7. The van der Waals surface area contributed by atoms with E-state index in [2.05, 4.69) is 186 Å². The molecule has 0 spiro atoms. The normalized spacial score (nSPS) is 11.0. The zero-order chi connectivity index (χ0) is 38.8. The van der Waals surface area contributed by atoms with Gasteiger partial charge in [0.25, 0.3) is 0 Å². The number of nitrogens with zero attached hydrogens (tertiary/aromatic N) is 3. The highest BCUT2D eigenvalue weighted by molar-refractivity contribution is 6.96. The molecule has 0 amide bonds. The van der Waals surface area contributed by atoms with Gasteiger partial charge in [-0.05, 0) is 94.1 Å². The first-order valence-electron chi connectivity index (χ1n) is 19.4. The Hall–Kier alpha value is -6.52. The topological polar surface area (TPSA) is 29.0 Å². The molecule has 8 aromatic rings. The van der Waals surface area contributed by atoms with E-state index in [1.165, 1.54) is 49.8 Å². The highest BCUT2D eigenvalue weighted by atomic mass is 15.2. The fraction of sp³-hybridized carbons (Fsp3) is 0.115. The van der Waals surface area contributed by atoms with Gasteiger partial charge in [-0.25, -0.2) is 4.98 Å². The Morgan fingerprint density at radius 3 is 1.27 bits per heavy atom. The first-order valence-corrected chi connectivity index (χ1v) is 19.4. The van der Waals surface area contributed by atoms with Crippen LogP contribution >= 0.6 is 0 Å². The van der Waals surface area contributed by atoms with Gasteiger partial charge < -0.3 is 0 Å². The summed E-state index contributed by atoms with van der Waals surface area (Å²) in [4.78, 5) is 12.3. The van der Waals surface area contributed by atoms with Crippen LogP contribution in [-0.2, 0) is 0 Å². The molecule has 4 heteroatoms. The van der Waals surface area contributed by atoms with Crippen LogP contribution in [0.25, 0.3) is 33.5 Å². The molecular weight excluding hydrogens is 677 g/mol. The van der Waals surface area contributed by atoms with Gasteiger partial charge >= 0.3 is 0 Å². The summed E-state index contributed by atoms with van der Waals surface area (Å²) in [7, 11) is 0. The number of benzene rings is 7. The highest BCUT2D eigenvalue weighted by Gasteiger charge is 2.29. The summed E-state index contributed by atoms with van der Waals surface area (Å²) in [5, 5.41) is 0. The molecule has 1 heterocycles. The minimum Gasteiger partial charge on any atom is -0.294 e. The van der Waals surface area contributed by atoms with E-state index in [-0.39, 0.29) is 6.71 Å². The van der Waals surface area contributed by atoms with Gasteiger partial charge in [0, 0.05) is 16.9 Å². The Balaban J connectivity index is 1.31. The quantitative estimate of drug-likeness (QED) is 0.139. The lowest BCUT2D eigenvalue weighted by atomic mass is 9.34. The van der Waals surface area contributed by atoms with Crippen molar-refractivity contribution in [2.75, 3.05) is 4.90 Å². The van der Waals surface area contributed by atoms with Crippen LogP contribution in [0, 0.1) is 41.5 Å². The maximum absolute atomic E-state index is 5.09. The molecule has 0 atom stereocenters. The summed E-state index contributed by atoms with van der Waals surface area (Å²) in [6.45, 7) is 13.5. The average Bonchev–Trinajstić information content (AvgIpc) is 3.21. The minimum atomic E-state index is 0.0785. The van der Waals surface area contributed by atoms with Crippen molar-refractivity contribution in [1.82, 2.24) is 9.97 Å². The van der Waals surface area contributed by atoms with Crippen molar-refractivity contribution < 1.29 is 0 Å². The number of hydrogen-bond donors (Lipinski definition) is 0. The summed E-state index contributed by atoms with van der Waals surface area (Å²) in [6.07, 6.45) is 3.78. The van der Waals surface area contributed by atoms with Gasteiger partial charge in [0.05, 0.1) is 18.1 Å². The summed E-state index contributed by atoms with van der Waals surface area (Å²) >= 11 is 0. The fourth-order valence-corrected chi connectivity index (χ4v) is 8.53. The minimum absolute atomic E-state index is 0.0785. The van der Waals surface area contributed by atoms with E-state index in [1.54, 1.807) is 0 Å². The van der Waals surface area contributed by atoms with E-state index >= 15 is 0 Å². The third kappa shape index (κ3) is 7.43. The number of aromatic nitrogens is 2. The van der Waals surface area contributed by atoms with Gasteiger partial charge in [0.2, 0.25) is 6.71 Å². The molecule has 0 saturated heterocycles. The van der Waals surface area contributed by atoms with Crippen LogP contribution in [-0.4, -0.2) is 16.7 Å². The van der Waals surface area contributed by atoms with Gasteiger partial charge in [-0.15, -0.1) is 0 Å². The van der Waals surface area contributed by atoms with Crippen LogP contribution in [0.2, 0.25) is 0 Å². The maximum atomic E-state index is 5.09. The maximum Gasteiger partial charge on any atom is 0.242 e. The molecule has 0 aliphatic heterocycles. The lowest BCUT2D eigenvalue weighted by molar-refractivity contribution is 1.13. The average molecular weight is 724 g/mol. The molecular formula is C52H46BN3. The molecule has 3 nitrogen and oxygen atoms in total. The second-order valence-corrected chi connectivity index (χ2v) is 15.1. The number of rotatable bonds is 9. The predicted octanol–water partition coefficient (Wildman–Crippen LogP) is 11.3. The third-order valence-corrected chi connectivity index (χ3v) is 10.9. The Bertz CT molecular complexity index is 2460. The smallest absolute Gasteiger partial charge is 0.242 e. The third-order valence-electron chi connectivity index (χ3n) is 10.9. The molecule has 272 valence electrons. The molecule has 1 aromatic heterocycles. The van der Waals surface area contributed by atoms with E-state index in [4.69, 9.17) is 9.97 Å². The van der Waals surface area contributed by atoms with Crippen molar-refractivity contribution in [3.8, 4) is 33.5 Å². The monoisotopic (exact) mass is 723 g/mol. The number of anilines is 3. The van der Waals surface area contributed by atoms with Crippen LogP contribution in [0.15, 0.2) is 170 Å².